The number of nitrogens with zero attached hydrogens (tertiary/aromatic N) is 2. The first-order valence-electron chi connectivity index (χ1n) is 4.84. The van der Waals surface area contributed by atoms with Gasteiger partial charge in [0.05, 0.1) is 5.52 Å². The van der Waals surface area contributed by atoms with E-state index in [1.54, 1.807) is 6.92 Å². The highest BCUT2D eigenvalue weighted by molar-refractivity contribution is 5.93. The minimum atomic E-state index is -0.982. The largest absolute Gasteiger partial charge is 0.476 e. The van der Waals surface area contributed by atoms with Gasteiger partial charge in [0.15, 0.2) is 5.69 Å². The summed E-state index contributed by atoms with van der Waals surface area (Å²) in [4.78, 5) is 14.9. The Morgan fingerprint density at radius 3 is 2.87 bits per heavy atom. The Morgan fingerprint density at radius 1 is 1.53 bits per heavy atom. The SMILES string of the molecule is CCc1ccc2c(C(=O)O)nc(C)n2c1. The molecule has 0 atom stereocenters. The van der Waals surface area contributed by atoms with Crippen LogP contribution in [0.4, 0.5) is 0 Å². The van der Waals surface area contributed by atoms with E-state index < -0.39 is 5.97 Å². The number of carboxylic acid groups (broad SMARTS) is 1. The molecule has 0 aromatic carbocycles. The van der Waals surface area contributed by atoms with Crippen LogP contribution in [0.5, 0.6) is 0 Å². The van der Waals surface area contributed by atoms with Gasteiger partial charge in [-0.15, -0.1) is 0 Å². The third-order valence-corrected chi connectivity index (χ3v) is 2.49. The summed E-state index contributed by atoms with van der Waals surface area (Å²) in [6.07, 6.45) is 2.86. The summed E-state index contributed by atoms with van der Waals surface area (Å²) >= 11 is 0. The molecule has 0 aliphatic heterocycles. The molecule has 0 bridgehead atoms. The molecular weight excluding hydrogens is 192 g/mol. The fourth-order valence-corrected chi connectivity index (χ4v) is 1.64. The van der Waals surface area contributed by atoms with Gasteiger partial charge in [-0.05, 0) is 25.0 Å². The van der Waals surface area contributed by atoms with Crippen molar-refractivity contribution in [3.8, 4) is 0 Å². The van der Waals surface area contributed by atoms with Gasteiger partial charge in [0.25, 0.3) is 0 Å². The van der Waals surface area contributed by atoms with Gasteiger partial charge in [-0.2, -0.15) is 0 Å². The van der Waals surface area contributed by atoms with Crippen molar-refractivity contribution in [2.24, 2.45) is 0 Å². The van der Waals surface area contributed by atoms with E-state index in [1.807, 2.05) is 22.7 Å². The molecule has 0 unspecified atom stereocenters. The highest BCUT2D eigenvalue weighted by Crippen LogP contribution is 2.14. The second kappa shape index (κ2) is 3.38. The number of hydrogen-bond acceptors (Lipinski definition) is 2. The Morgan fingerprint density at radius 2 is 2.27 bits per heavy atom. The van der Waals surface area contributed by atoms with Gasteiger partial charge in [-0.1, -0.05) is 13.0 Å². The van der Waals surface area contributed by atoms with E-state index in [-0.39, 0.29) is 5.69 Å². The number of pyridine rings is 1. The maximum absolute atomic E-state index is 10.9. The lowest BCUT2D eigenvalue weighted by atomic mass is 10.2. The number of imidazole rings is 1. The van der Waals surface area contributed by atoms with Crippen molar-refractivity contribution in [1.82, 2.24) is 9.38 Å². The van der Waals surface area contributed by atoms with E-state index in [4.69, 9.17) is 5.11 Å². The Bertz CT molecular complexity index is 529. The highest BCUT2D eigenvalue weighted by Gasteiger charge is 2.14. The molecule has 2 aromatic heterocycles. The standard InChI is InChI=1S/C11H12N2O2/c1-3-8-4-5-9-10(11(14)15)12-7(2)13(9)6-8/h4-6H,3H2,1-2H3,(H,14,15). The van der Waals surface area contributed by atoms with Crippen molar-refractivity contribution in [2.45, 2.75) is 20.3 Å². The topological polar surface area (TPSA) is 54.6 Å². The molecule has 0 fully saturated rings. The molecule has 0 saturated carbocycles. The maximum atomic E-state index is 10.9. The molecule has 78 valence electrons. The lowest BCUT2D eigenvalue weighted by Crippen LogP contribution is -1.97. The minimum absolute atomic E-state index is 0.121. The molecule has 2 heterocycles. The van der Waals surface area contributed by atoms with Crippen LogP contribution in [-0.4, -0.2) is 20.5 Å². The van der Waals surface area contributed by atoms with Crippen molar-refractivity contribution in [3.63, 3.8) is 0 Å². The summed E-state index contributed by atoms with van der Waals surface area (Å²) in [6, 6.07) is 3.74. The molecule has 0 saturated heterocycles. The van der Waals surface area contributed by atoms with Crippen molar-refractivity contribution in [1.29, 1.82) is 0 Å². The Labute approximate surface area is 87.2 Å². The van der Waals surface area contributed by atoms with Crippen LogP contribution in [0, 0.1) is 6.92 Å². The van der Waals surface area contributed by atoms with Gasteiger partial charge in [-0.25, -0.2) is 9.78 Å². The van der Waals surface area contributed by atoms with Crippen LogP contribution >= 0.6 is 0 Å². The van der Waals surface area contributed by atoms with Crippen molar-refractivity contribution >= 4 is 11.5 Å². The number of aromatic nitrogens is 2. The van der Waals surface area contributed by atoms with Crippen LogP contribution < -0.4 is 0 Å². The van der Waals surface area contributed by atoms with Crippen LogP contribution in [0.1, 0.15) is 28.8 Å². The number of carboxylic acids is 1. The zero-order valence-electron chi connectivity index (χ0n) is 8.69. The minimum Gasteiger partial charge on any atom is -0.476 e. The predicted octanol–water partition coefficient (Wildman–Crippen LogP) is 1.90. The molecule has 2 aromatic rings. The fourth-order valence-electron chi connectivity index (χ4n) is 1.64. The van der Waals surface area contributed by atoms with Crippen molar-refractivity contribution < 1.29 is 9.90 Å². The zero-order valence-corrected chi connectivity index (χ0v) is 8.69. The summed E-state index contributed by atoms with van der Waals surface area (Å²) in [5, 5.41) is 8.95. The van der Waals surface area contributed by atoms with E-state index in [2.05, 4.69) is 11.9 Å². The van der Waals surface area contributed by atoms with Crippen LogP contribution in [-0.2, 0) is 6.42 Å². The van der Waals surface area contributed by atoms with Crippen LogP contribution in [0.15, 0.2) is 18.3 Å². The van der Waals surface area contributed by atoms with Crippen molar-refractivity contribution in [2.75, 3.05) is 0 Å². The van der Waals surface area contributed by atoms with Crippen LogP contribution in [0.25, 0.3) is 5.52 Å². The van der Waals surface area contributed by atoms with Gasteiger partial charge in [-0.3, -0.25) is 0 Å². The van der Waals surface area contributed by atoms with E-state index >= 15 is 0 Å². The molecule has 0 aliphatic rings. The van der Waals surface area contributed by atoms with Gasteiger partial charge in [0.1, 0.15) is 5.82 Å². The summed E-state index contributed by atoms with van der Waals surface area (Å²) in [6.45, 7) is 3.87. The van der Waals surface area contributed by atoms with E-state index in [0.717, 1.165) is 6.42 Å². The van der Waals surface area contributed by atoms with Crippen molar-refractivity contribution in [3.05, 3.63) is 35.4 Å². The van der Waals surface area contributed by atoms with E-state index in [0.29, 0.717) is 11.3 Å². The molecule has 4 nitrogen and oxygen atoms in total. The molecule has 4 heteroatoms. The Hall–Kier alpha value is -1.84. The molecule has 0 aliphatic carbocycles. The smallest absolute Gasteiger partial charge is 0.356 e. The average Bonchev–Trinajstić information content (AvgIpc) is 2.56. The zero-order chi connectivity index (χ0) is 11.0. The number of fused-ring (bicyclic) bond motifs is 1. The Balaban J connectivity index is 2.75. The highest BCUT2D eigenvalue weighted by atomic mass is 16.4. The molecule has 0 radical (unpaired) electrons. The normalized spacial score (nSPS) is 10.8. The summed E-state index contributed by atoms with van der Waals surface area (Å²) in [5.41, 5.74) is 1.94. The maximum Gasteiger partial charge on any atom is 0.356 e. The molecule has 2 rings (SSSR count). The van der Waals surface area contributed by atoms with E-state index in [1.165, 1.54) is 5.56 Å². The molecule has 0 amide bonds. The predicted molar refractivity (Wildman–Crippen MR) is 56.3 cm³/mol. The van der Waals surface area contributed by atoms with Gasteiger partial charge in [0, 0.05) is 6.20 Å². The van der Waals surface area contributed by atoms with Gasteiger partial charge >= 0.3 is 5.97 Å². The lowest BCUT2D eigenvalue weighted by molar-refractivity contribution is 0.0693. The monoisotopic (exact) mass is 204 g/mol. The van der Waals surface area contributed by atoms with Gasteiger partial charge in [0.2, 0.25) is 0 Å². The summed E-state index contributed by atoms with van der Waals surface area (Å²) in [7, 11) is 0. The third-order valence-electron chi connectivity index (χ3n) is 2.49. The van der Waals surface area contributed by atoms with Crippen LogP contribution in [0.3, 0.4) is 0 Å². The number of aryl methyl sites for hydroxylation is 2. The quantitative estimate of drug-likeness (QED) is 0.812. The second-order valence-corrected chi connectivity index (χ2v) is 3.46. The number of carbonyl (C=O) groups is 1. The summed E-state index contributed by atoms with van der Waals surface area (Å²) < 4.78 is 1.82. The summed E-state index contributed by atoms with van der Waals surface area (Å²) in [5.74, 6) is -0.275. The number of hydrogen-bond donors (Lipinski definition) is 1. The molecular formula is C11H12N2O2. The molecule has 1 N–H and O–H groups in total. The average molecular weight is 204 g/mol. The van der Waals surface area contributed by atoms with Crippen LogP contribution in [0.2, 0.25) is 0 Å². The third kappa shape index (κ3) is 1.48. The fraction of sp³-hybridized carbons (Fsp3) is 0.273. The number of aromatic carboxylic acids is 1. The van der Waals surface area contributed by atoms with Gasteiger partial charge < -0.3 is 9.51 Å². The lowest BCUT2D eigenvalue weighted by Gasteiger charge is -2.00. The first-order chi connectivity index (χ1) is 7.13. The molecule has 0 spiro atoms. The second-order valence-electron chi connectivity index (χ2n) is 3.46. The first kappa shape index (κ1) is 9.71. The molecule has 15 heavy (non-hydrogen) atoms. The first-order valence-corrected chi connectivity index (χ1v) is 4.84. The Kier molecular flexibility index (Phi) is 2.19. The number of rotatable bonds is 2. The van der Waals surface area contributed by atoms with E-state index in [9.17, 15) is 4.79 Å².